The largest absolute Gasteiger partial charge is 0.385 e. The molecule has 0 aliphatic carbocycles. The smallest absolute Gasteiger partial charge is 0.178 e. The van der Waals surface area contributed by atoms with Gasteiger partial charge in [-0.05, 0) is 18.4 Å². The minimum Gasteiger partial charge on any atom is -0.385 e. The first kappa shape index (κ1) is 13.9. The molecule has 2 atom stereocenters. The molecule has 0 spiro atoms. The summed E-state index contributed by atoms with van der Waals surface area (Å²) in [6.45, 7) is 2.03. The summed E-state index contributed by atoms with van der Waals surface area (Å²) < 4.78 is 0. The number of Topliss-reactive ketones (excluding diaryl/α,β-unsaturated/α-hetero) is 1. The van der Waals surface area contributed by atoms with Crippen molar-refractivity contribution in [2.75, 3.05) is 0 Å². The van der Waals surface area contributed by atoms with E-state index in [4.69, 9.17) is 5.73 Å². The van der Waals surface area contributed by atoms with Crippen LogP contribution in [0.25, 0.3) is 0 Å². The first-order chi connectivity index (χ1) is 8.15. The van der Waals surface area contributed by atoms with E-state index in [2.05, 4.69) is 0 Å². The van der Waals surface area contributed by atoms with Crippen molar-refractivity contribution in [3.05, 3.63) is 35.9 Å². The van der Waals surface area contributed by atoms with Crippen LogP contribution in [0.2, 0.25) is 0 Å². The second-order valence-corrected chi connectivity index (χ2v) is 4.36. The third-order valence-corrected chi connectivity index (χ3v) is 2.82. The Balaban J connectivity index is 2.47. The van der Waals surface area contributed by atoms with Gasteiger partial charge in [-0.2, -0.15) is 0 Å². The predicted octanol–water partition coefficient (Wildman–Crippen LogP) is 1.68. The fraction of sp³-hybridized carbons (Fsp3) is 0.500. The maximum Gasteiger partial charge on any atom is 0.178 e. The quantitative estimate of drug-likeness (QED) is 0.755. The summed E-state index contributed by atoms with van der Waals surface area (Å²) in [5.74, 6) is -0.248. The highest BCUT2D eigenvalue weighted by molar-refractivity contribution is 5.88. The third kappa shape index (κ3) is 4.67. The molecule has 94 valence electrons. The molecule has 0 heterocycles. The van der Waals surface area contributed by atoms with Gasteiger partial charge in [-0.1, -0.05) is 50.1 Å². The third-order valence-electron chi connectivity index (χ3n) is 2.82. The monoisotopic (exact) mass is 235 g/mol. The highest BCUT2D eigenvalue weighted by atomic mass is 16.3. The minimum absolute atomic E-state index is 0.248. The molecule has 17 heavy (non-hydrogen) atoms. The number of aliphatic hydroxyl groups is 1. The highest BCUT2D eigenvalue weighted by Crippen LogP contribution is 2.07. The van der Waals surface area contributed by atoms with Gasteiger partial charge in [0, 0.05) is 0 Å². The maximum atomic E-state index is 11.8. The van der Waals surface area contributed by atoms with Gasteiger partial charge in [0.05, 0.1) is 6.04 Å². The molecule has 1 aromatic carbocycles. The minimum atomic E-state index is -0.909. The van der Waals surface area contributed by atoms with Gasteiger partial charge in [-0.15, -0.1) is 0 Å². The fourth-order valence-electron chi connectivity index (χ4n) is 1.76. The van der Waals surface area contributed by atoms with Crippen LogP contribution in [-0.4, -0.2) is 23.0 Å². The maximum absolute atomic E-state index is 11.8. The fourth-order valence-corrected chi connectivity index (χ4v) is 1.76. The van der Waals surface area contributed by atoms with Gasteiger partial charge in [-0.3, -0.25) is 4.79 Å². The summed E-state index contributed by atoms with van der Waals surface area (Å²) in [4.78, 5) is 11.8. The second-order valence-electron chi connectivity index (χ2n) is 4.36. The highest BCUT2D eigenvalue weighted by Gasteiger charge is 2.21. The van der Waals surface area contributed by atoms with Crippen LogP contribution in [-0.2, 0) is 11.2 Å². The summed E-state index contributed by atoms with van der Waals surface area (Å²) in [7, 11) is 0. The van der Waals surface area contributed by atoms with Crippen molar-refractivity contribution < 1.29 is 9.90 Å². The molecular weight excluding hydrogens is 214 g/mol. The van der Waals surface area contributed by atoms with E-state index in [9.17, 15) is 9.90 Å². The van der Waals surface area contributed by atoms with Gasteiger partial charge in [0.15, 0.2) is 5.78 Å². The summed E-state index contributed by atoms with van der Waals surface area (Å²) in [6.07, 6.45) is 1.91. The topological polar surface area (TPSA) is 63.3 Å². The molecule has 0 bridgehead atoms. The number of benzene rings is 1. The van der Waals surface area contributed by atoms with Gasteiger partial charge in [0.1, 0.15) is 6.10 Å². The molecule has 1 rings (SSSR count). The van der Waals surface area contributed by atoms with E-state index in [-0.39, 0.29) is 5.78 Å². The normalized spacial score (nSPS) is 14.3. The molecule has 0 aromatic heterocycles. The van der Waals surface area contributed by atoms with Crippen molar-refractivity contribution in [3.8, 4) is 0 Å². The number of nitrogens with two attached hydrogens (primary N) is 1. The van der Waals surface area contributed by atoms with E-state index >= 15 is 0 Å². The Kier molecular flexibility index (Phi) is 5.87. The lowest BCUT2D eigenvalue weighted by Crippen LogP contribution is -2.40. The number of hydrogen-bond donors (Lipinski definition) is 2. The van der Waals surface area contributed by atoms with Gasteiger partial charge in [-0.25, -0.2) is 0 Å². The van der Waals surface area contributed by atoms with Gasteiger partial charge in [0.25, 0.3) is 0 Å². The molecule has 0 saturated carbocycles. The van der Waals surface area contributed by atoms with E-state index in [0.29, 0.717) is 12.8 Å². The molecule has 1 aromatic rings. The van der Waals surface area contributed by atoms with E-state index in [1.807, 2.05) is 37.3 Å². The molecule has 0 aliphatic heterocycles. The number of carbonyl (C=O) groups is 1. The second kappa shape index (κ2) is 7.20. The van der Waals surface area contributed by atoms with Crippen molar-refractivity contribution in [1.82, 2.24) is 0 Å². The first-order valence-corrected chi connectivity index (χ1v) is 6.16. The average Bonchev–Trinajstić information content (AvgIpc) is 2.36. The van der Waals surface area contributed by atoms with Crippen molar-refractivity contribution >= 4 is 5.78 Å². The average molecular weight is 235 g/mol. The number of aliphatic hydroxyl groups excluding tert-OH is 1. The number of ketones is 1. The summed E-state index contributed by atoms with van der Waals surface area (Å²) in [5, 5.41) is 9.67. The Bertz CT molecular complexity index is 337. The van der Waals surface area contributed by atoms with Crippen LogP contribution >= 0.6 is 0 Å². The van der Waals surface area contributed by atoms with Crippen LogP contribution in [0.5, 0.6) is 0 Å². The van der Waals surface area contributed by atoms with Crippen LogP contribution in [0.1, 0.15) is 31.7 Å². The SMILES string of the molecule is CCCCC(O)C(=O)C(N)Cc1ccccc1. The van der Waals surface area contributed by atoms with Crippen molar-refractivity contribution in [3.63, 3.8) is 0 Å². The molecule has 0 fully saturated rings. The molecule has 3 nitrogen and oxygen atoms in total. The van der Waals surface area contributed by atoms with Gasteiger partial charge < -0.3 is 10.8 Å². The van der Waals surface area contributed by atoms with Crippen molar-refractivity contribution in [2.45, 2.75) is 44.8 Å². The Labute approximate surface area is 103 Å². The summed E-state index contributed by atoms with van der Waals surface area (Å²) >= 11 is 0. The number of carbonyl (C=O) groups excluding carboxylic acids is 1. The van der Waals surface area contributed by atoms with Crippen molar-refractivity contribution in [2.24, 2.45) is 5.73 Å². The summed E-state index contributed by atoms with van der Waals surface area (Å²) in [5.41, 5.74) is 6.84. The van der Waals surface area contributed by atoms with Crippen LogP contribution in [0.15, 0.2) is 30.3 Å². The lowest BCUT2D eigenvalue weighted by atomic mass is 9.98. The molecule has 0 amide bonds. The van der Waals surface area contributed by atoms with E-state index in [1.165, 1.54) is 0 Å². The Morgan fingerprint density at radius 2 is 2.00 bits per heavy atom. The molecule has 0 saturated heterocycles. The molecular formula is C14H21NO2. The number of rotatable bonds is 7. The molecule has 3 heteroatoms. The predicted molar refractivity (Wildman–Crippen MR) is 68.7 cm³/mol. The van der Waals surface area contributed by atoms with Gasteiger partial charge >= 0.3 is 0 Å². The van der Waals surface area contributed by atoms with Crippen LogP contribution in [0.4, 0.5) is 0 Å². The first-order valence-electron chi connectivity index (χ1n) is 6.16. The molecule has 0 aliphatic rings. The van der Waals surface area contributed by atoms with E-state index in [0.717, 1.165) is 18.4 Å². The lowest BCUT2D eigenvalue weighted by molar-refractivity contribution is -0.128. The van der Waals surface area contributed by atoms with Crippen LogP contribution in [0.3, 0.4) is 0 Å². The zero-order valence-electron chi connectivity index (χ0n) is 10.3. The van der Waals surface area contributed by atoms with E-state index in [1.54, 1.807) is 0 Å². The number of unbranched alkanes of at least 4 members (excludes halogenated alkanes) is 1. The summed E-state index contributed by atoms with van der Waals surface area (Å²) in [6, 6.07) is 9.02. The zero-order valence-corrected chi connectivity index (χ0v) is 10.3. The van der Waals surface area contributed by atoms with Crippen LogP contribution < -0.4 is 5.73 Å². The van der Waals surface area contributed by atoms with Crippen LogP contribution in [0, 0.1) is 0 Å². The Morgan fingerprint density at radius 3 is 2.59 bits per heavy atom. The Hall–Kier alpha value is -1.19. The molecule has 0 radical (unpaired) electrons. The molecule has 3 N–H and O–H groups in total. The van der Waals surface area contributed by atoms with Gasteiger partial charge in [0.2, 0.25) is 0 Å². The lowest BCUT2D eigenvalue weighted by Gasteiger charge is -2.15. The van der Waals surface area contributed by atoms with Crippen molar-refractivity contribution in [1.29, 1.82) is 0 Å². The van der Waals surface area contributed by atoms with E-state index < -0.39 is 12.1 Å². The Morgan fingerprint density at radius 1 is 1.35 bits per heavy atom. The number of hydrogen-bond acceptors (Lipinski definition) is 3. The molecule has 2 unspecified atom stereocenters. The standard InChI is InChI=1S/C14H21NO2/c1-2-3-9-13(16)14(17)12(15)10-11-7-5-4-6-8-11/h4-8,12-13,16H,2-3,9-10,15H2,1H3. The zero-order chi connectivity index (χ0) is 12.7.